The van der Waals surface area contributed by atoms with Gasteiger partial charge in [0.1, 0.15) is 0 Å². The monoisotopic (exact) mass is 984 g/mol. The van der Waals surface area contributed by atoms with E-state index in [9.17, 15) is 4.57 Å². The number of hydrogen-bond acceptors (Lipinski definition) is 7. The molecule has 0 heterocycles. The van der Waals surface area contributed by atoms with Crippen LogP contribution >= 0.6 is 8.25 Å². The molecule has 0 fully saturated rings. The lowest BCUT2D eigenvalue weighted by atomic mass is 10.0. The van der Waals surface area contributed by atoms with Crippen molar-refractivity contribution >= 4 is 8.25 Å². The lowest BCUT2D eigenvalue weighted by Gasteiger charge is -2.24. The van der Waals surface area contributed by atoms with Crippen molar-refractivity contribution in [3.63, 3.8) is 0 Å². The predicted molar refractivity (Wildman–Crippen MR) is 298 cm³/mol. The standard InChI is InChI=1S/C60H124N2O5P/c1-7-11-15-19-23-27-31-35-39-43-47-51-55-61(56-52-48-44-40-36-32-28-24-20-16-12-8-2)64-59(5)66-68(63)67-60(6)65-62(57-53-49-45-41-37-33-29-25-21-17-13-9-3)58-54-50-46-42-38-34-30-26-22-18-14-10-4/h59-60H,7-58H2,1-6H3/q+1. The quantitative estimate of drug-likeness (QED) is 0.0260. The van der Waals surface area contributed by atoms with Gasteiger partial charge in [-0.2, -0.15) is 10.1 Å². The van der Waals surface area contributed by atoms with Gasteiger partial charge in [0.25, 0.3) is 0 Å². The average Bonchev–Trinajstić information content (AvgIpc) is 3.32. The molecule has 0 aromatic carbocycles. The smallest absolute Gasteiger partial charge is 0.262 e. The summed E-state index contributed by atoms with van der Waals surface area (Å²) >= 11 is 0. The number of nitrogens with zero attached hydrogens (tertiary/aromatic N) is 2. The van der Waals surface area contributed by atoms with Crippen molar-refractivity contribution in [1.82, 2.24) is 10.1 Å². The summed E-state index contributed by atoms with van der Waals surface area (Å²) in [6, 6.07) is 0. The number of hydrogen-bond donors (Lipinski definition) is 0. The van der Waals surface area contributed by atoms with Crippen molar-refractivity contribution in [2.45, 2.75) is 362 Å². The molecule has 0 saturated heterocycles. The van der Waals surface area contributed by atoms with Gasteiger partial charge in [-0.25, -0.2) is 0 Å². The molecule has 68 heavy (non-hydrogen) atoms. The van der Waals surface area contributed by atoms with Crippen LogP contribution in [0.3, 0.4) is 0 Å². The maximum Gasteiger partial charge on any atom is 0.702 e. The van der Waals surface area contributed by atoms with Gasteiger partial charge in [0.05, 0.1) is 0 Å². The van der Waals surface area contributed by atoms with E-state index in [2.05, 4.69) is 37.8 Å². The van der Waals surface area contributed by atoms with Crippen LogP contribution in [0.2, 0.25) is 0 Å². The molecule has 0 spiro atoms. The largest absolute Gasteiger partial charge is 0.702 e. The molecule has 0 saturated carbocycles. The number of unbranched alkanes of at least 4 members (excludes halogenated alkanes) is 44. The predicted octanol–water partition coefficient (Wildman–Crippen LogP) is 21.6. The zero-order valence-corrected chi connectivity index (χ0v) is 48.2. The second-order valence-corrected chi connectivity index (χ2v) is 22.1. The van der Waals surface area contributed by atoms with Crippen LogP contribution in [-0.4, -0.2) is 48.9 Å². The summed E-state index contributed by atoms with van der Waals surface area (Å²) in [6.45, 7) is 16.4. The summed E-state index contributed by atoms with van der Waals surface area (Å²) in [5.74, 6) is 0. The van der Waals surface area contributed by atoms with Crippen LogP contribution < -0.4 is 0 Å². The number of hydroxylamine groups is 4. The lowest BCUT2D eigenvalue weighted by molar-refractivity contribution is -0.262. The van der Waals surface area contributed by atoms with Crippen LogP contribution in [0, 0.1) is 0 Å². The fourth-order valence-electron chi connectivity index (χ4n) is 9.68. The first-order valence-corrected chi connectivity index (χ1v) is 32.2. The first kappa shape index (κ1) is 67.9. The number of rotatable bonds is 60. The van der Waals surface area contributed by atoms with Crippen LogP contribution in [-0.2, 0) is 23.3 Å². The van der Waals surface area contributed by atoms with Gasteiger partial charge in [-0.15, -0.1) is 0 Å². The molecular formula is C60H124N2O5P+. The molecule has 0 N–H and O–H groups in total. The molecule has 2 atom stereocenters. The topological polar surface area (TPSA) is 60.5 Å². The molecule has 0 aromatic heterocycles. The van der Waals surface area contributed by atoms with Crippen molar-refractivity contribution in [1.29, 1.82) is 0 Å². The zero-order valence-electron chi connectivity index (χ0n) is 47.3. The summed E-state index contributed by atoms with van der Waals surface area (Å²) in [6.07, 6.45) is 63.0. The van der Waals surface area contributed by atoms with Crippen LogP contribution in [0.15, 0.2) is 0 Å². The molecule has 0 rings (SSSR count). The minimum absolute atomic E-state index is 0.654. The fourth-order valence-corrected chi connectivity index (χ4v) is 10.3. The van der Waals surface area contributed by atoms with E-state index in [1.54, 1.807) is 0 Å². The molecule has 408 valence electrons. The Bertz CT molecular complexity index is 833. The second kappa shape index (κ2) is 57.8. The van der Waals surface area contributed by atoms with E-state index in [4.69, 9.17) is 18.7 Å². The third-order valence-corrected chi connectivity index (χ3v) is 15.0. The Morgan fingerprint density at radius 3 is 0.574 bits per heavy atom. The third-order valence-electron chi connectivity index (χ3n) is 14.1. The Kier molecular flexibility index (Phi) is 57.6. The summed E-state index contributed by atoms with van der Waals surface area (Å²) in [4.78, 5) is 12.7. The molecule has 0 aliphatic carbocycles. The first-order chi connectivity index (χ1) is 33.5. The van der Waals surface area contributed by atoms with Gasteiger partial charge in [0.15, 0.2) is 0 Å². The summed E-state index contributed by atoms with van der Waals surface area (Å²) in [5, 5.41) is 4.18. The highest BCUT2D eigenvalue weighted by Crippen LogP contribution is 2.30. The van der Waals surface area contributed by atoms with Crippen molar-refractivity contribution in [2.75, 3.05) is 26.2 Å². The van der Waals surface area contributed by atoms with E-state index in [1.807, 2.05) is 13.8 Å². The van der Waals surface area contributed by atoms with Gasteiger partial charge < -0.3 is 0 Å². The molecule has 0 aliphatic heterocycles. The molecule has 0 amide bonds. The Morgan fingerprint density at radius 2 is 0.412 bits per heavy atom. The second-order valence-electron chi connectivity index (χ2n) is 21.2. The summed E-state index contributed by atoms with van der Waals surface area (Å²) in [7, 11) is -2.40. The normalized spacial score (nSPS) is 13.1. The van der Waals surface area contributed by atoms with Crippen LogP contribution in [0.25, 0.3) is 0 Å². The summed E-state index contributed by atoms with van der Waals surface area (Å²) in [5.41, 5.74) is 0. The molecular weight excluding hydrogens is 860 g/mol. The van der Waals surface area contributed by atoms with Crippen molar-refractivity contribution in [3.8, 4) is 0 Å². The molecule has 0 aromatic rings. The van der Waals surface area contributed by atoms with Crippen molar-refractivity contribution in [3.05, 3.63) is 0 Å². The van der Waals surface area contributed by atoms with Gasteiger partial charge in [0.2, 0.25) is 12.6 Å². The van der Waals surface area contributed by atoms with E-state index in [-0.39, 0.29) is 0 Å². The van der Waals surface area contributed by atoms with Gasteiger partial charge >= 0.3 is 8.25 Å². The van der Waals surface area contributed by atoms with Crippen LogP contribution in [0.5, 0.6) is 0 Å². The molecule has 8 heteroatoms. The Morgan fingerprint density at radius 1 is 0.265 bits per heavy atom. The third kappa shape index (κ3) is 53.7. The van der Waals surface area contributed by atoms with E-state index >= 15 is 0 Å². The Balaban J connectivity index is 4.87. The van der Waals surface area contributed by atoms with E-state index in [0.29, 0.717) is 0 Å². The minimum atomic E-state index is -2.40. The van der Waals surface area contributed by atoms with Crippen LogP contribution in [0.1, 0.15) is 350 Å². The maximum absolute atomic E-state index is 13.2. The van der Waals surface area contributed by atoms with Crippen molar-refractivity contribution in [2.24, 2.45) is 0 Å². The van der Waals surface area contributed by atoms with Gasteiger partial charge in [-0.05, 0) is 39.5 Å². The zero-order chi connectivity index (χ0) is 49.5. The van der Waals surface area contributed by atoms with E-state index in [0.717, 1.165) is 51.9 Å². The highest BCUT2D eigenvalue weighted by atomic mass is 31.1. The van der Waals surface area contributed by atoms with Gasteiger partial charge in [-0.1, -0.05) is 319 Å². The Hall–Kier alpha value is -0.140. The molecule has 2 unspecified atom stereocenters. The molecule has 7 nitrogen and oxygen atoms in total. The fraction of sp³-hybridized carbons (Fsp3) is 1.00. The van der Waals surface area contributed by atoms with Gasteiger partial charge in [-0.3, -0.25) is 9.68 Å². The summed E-state index contributed by atoms with van der Waals surface area (Å²) < 4.78 is 24.9. The van der Waals surface area contributed by atoms with Gasteiger partial charge in [0, 0.05) is 30.7 Å². The highest BCUT2D eigenvalue weighted by molar-refractivity contribution is 7.33. The minimum Gasteiger partial charge on any atom is -0.262 e. The van der Waals surface area contributed by atoms with Crippen molar-refractivity contribution < 1.29 is 23.3 Å². The maximum atomic E-state index is 13.2. The van der Waals surface area contributed by atoms with E-state index in [1.165, 1.54) is 283 Å². The van der Waals surface area contributed by atoms with Crippen LogP contribution in [0.4, 0.5) is 0 Å². The molecule has 0 bridgehead atoms. The van der Waals surface area contributed by atoms with E-state index < -0.39 is 20.8 Å². The SMILES string of the molecule is CCCCCCCCCCCCCCN(CCCCCCCCCCCCCC)OC(C)O[P+](=O)OC(C)ON(CCCCCCCCCCCCCC)CCCCCCCCCCCCCC. The molecule has 0 aliphatic rings. The molecule has 0 radical (unpaired) electrons. The highest BCUT2D eigenvalue weighted by Gasteiger charge is 2.31. The lowest BCUT2D eigenvalue weighted by Crippen LogP contribution is -2.32. The first-order valence-electron chi connectivity index (χ1n) is 31.1. The average molecular weight is 985 g/mol. The Labute approximate surface area is 428 Å².